The van der Waals surface area contributed by atoms with Crippen molar-refractivity contribution < 1.29 is 4.79 Å². The Morgan fingerprint density at radius 3 is 2.52 bits per heavy atom. The summed E-state index contributed by atoms with van der Waals surface area (Å²) in [6, 6.07) is 8.96. The van der Waals surface area contributed by atoms with Crippen molar-refractivity contribution in [2.75, 3.05) is 6.54 Å². The van der Waals surface area contributed by atoms with Gasteiger partial charge in [0.15, 0.2) is 0 Å². The van der Waals surface area contributed by atoms with Crippen LogP contribution >= 0.6 is 0 Å². The van der Waals surface area contributed by atoms with Gasteiger partial charge >= 0.3 is 0 Å². The predicted molar refractivity (Wildman–Crippen MR) is 88.4 cm³/mol. The average Bonchev–Trinajstić information content (AvgIpc) is 3.04. The number of amides is 1. The van der Waals surface area contributed by atoms with Crippen LogP contribution in [-0.2, 0) is 4.79 Å². The van der Waals surface area contributed by atoms with Crippen LogP contribution in [0.3, 0.4) is 0 Å². The van der Waals surface area contributed by atoms with E-state index in [1.165, 1.54) is 4.80 Å². The molecular formula is C16H24N6O. The fraction of sp³-hybridized carbons (Fsp3) is 0.500. The highest BCUT2D eigenvalue weighted by Crippen LogP contribution is 2.17. The van der Waals surface area contributed by atoms with Crippen molar-refractivity contribution in [1.82, 2.24) is 25.5 Å². The maximum absolute atomic E-state index is 12.5. The smallest absolute Gasteiger partial charge is 0.246 e. The van der Waals surface area contributed by atoms with Crippen LogP contribution in [0.15, 0.2) is 30.3 Å². The van der Waals surface area contributed by atoms with E-state index in [-0.39, 0.29) is 11.8 Å². The zero-order chi connectivity index (χ0) is 17.0. The van der Waals surface area contributed by atoms with Gasteiger partial charge in [-0.1, -0.05) is 44.2 Å². The van der Waals surface area contributed by atoms with E-state index in [0.717, 1.165) is 5.56 Å². The number of rotatable bonds is 6. The molecule has 23 heavy (non-hydrogen) atoms. The van der Waals surface area contributed by atoms with E-state index in [4.69, 9.17) is 5.73 Å². The summed E-state index contributed by atoms with van der Waals surface area (Å²) in [6.45, 7) is 8.09. The zero-order valence-corrected chi connectivity index (χ0v) is 14.0. The van der Waals surface area contributed by atoms with Crippen molar-refractivity contribution in [3.05, 3.63) is 30.3 Å². The zero-order valence-electron chi connectivity index (χ0n) is 14.0. The van der Waals surface area contributed by atoms with Gasteiger partial charge in [-0.3, -0.25) is 4.79 Å². The molecule has 2 unspecified atom stereocenters. The molecule has 0 aliphatic carbocycles. The third kappa shape index (κ3) is 3.73. The minimum atomic E-state index is -0.565. The SMILES string of the molecule is CC(C(=O)NC(C)(CN)C(C)C)n1nnc(-c2ccccc2)n1. The van der Waals surface area contributed by atoms with E-state index in [1.807, 2.05) is 51.1 Å². The Morgan fingerprint density at radius 1 is 1.30 bits per heavy atom. The highest BCUT2D eigenvalue weighted by atomic mass is 16.2. The Balaban J connectivity index is 2.13. The number of tetrazole rings is 1. The molecule has 3 N–H and O–H groups in total. The highest BCUT2D eigenvalue weighted by molar-refractivity contribution is 5.80. The van der Waals surface area contributed by atoms with Crippen molar-refractivity contribution >= 4 is 5.91 Å². The quantitative estimate of drug-likeness (QED) is 0.839. The molecule has 0 saturated carbocycles. The van der Waals surface area contributed by atoms with Crippen molar-refractivity contribution in [3.8, 4) is 11.4 Å². The van der Waals surface area contributed by atoms with Gasteiger partial charge in [-0.2, -0.15) is 4.80 Å². The van der Waals surface area contributed by atoms with Gasteiger partial charge < -0.3 is 11.1 Å². The second-order valence-electron chi connectivity index (χ2n) is 6.24. The van der Waals surface area contributed by atoms with Crippen LogP contribution in [0.5, 0.6) is 0 Å². The molecule has 124 valence electrons. The number of nitrogens with zero attached hydrogens (tertiary/aromatic N) is 4. The van der Waals surface area contributed by atoms with Crippen molar-refractivity contribution in [1.29, 1.82) is 0 Å². The number of aromatic nitrogens is 4. The lowest BCUT2D eigenvalue weighted by atomic mass is 9.88. The first kappa shape index (κ1) is 17.1. The largest absolute Gasteiger partial charge is 0.348 e. The normalized spacial score (nSPS) is 15.2. The summed E-state index contributed by atoms with van der Waals surface area (Å²) in [7, 11) is 0. The average molecular weight is 316 g/mol. The van der Waals surface area contributed by atoms with E-state index < -0.39 is 11.6 Å². The van der Waals surface area contributed by atoms with Crippen LogP contribution in [0.2, 0.25) is 0 Å². The number of hydrogen-bond acceptors (Lipinski definition) is 5. The maximum atomic E-state index is 12.5. The van der Waals surface area contributed by atoms with Gasteiger partial charge in [0.25, 0.3) is 0 Å². The van der Waals surface area contributed by atoms with E-state index >= 15 is 0 Å². The molecule has 1 aromatic heterocycles. The van der Waals surface area contributed by atoms with E-state index in [2.05, 4.69) is 20.7 Å². The van der Waals surface area contributed by atoms with E-state index in [0.29, 0.717) is 12.4 Å². The molecule has 2 aromatic rings. The summed E-state index contributed by atoms with van der Waals surface area (Å²) in [4.78, 5) is 13.8. The van der Waals surface area contributed by atoms with Gasteiger partial charge in [0.05, 0.1) is 5.54 Å². The van der Waals surface area contributed by atoms with Gasteiger partial charge in [0.2, 0.25) is 11.7 Å². The van der Waals surface area contributed by atoms with Crippen LogP contribution in [0, 0.1) is 5.92 Å². The van der Waals surface area contributed by atoms with Crippen molar-refractivity contribution in [2.24, 2.45) is 11.7 Å². The molecule has 0 aliphatic rings. The monoisotopic (exact) mass is 316 g/mol. The maximum Gasteiger partial charge on any atom is 0.246 e. The van der Waals surface area contributed by atoms with Gasteiger partial charge in [-0.05, 0) is 25.0 Å². The lowest BCUT2D eigenvalue weighted by Crippen LogP contribution is -2.56. The molecule has 1 amide bonds. The molecule has 7 heteroatoms. The first-order valence-electron chi connectivity index (χ1n) is 7.74. The number of nitrogens with one attached hydrogen (secondary N) is 1. The molecule has 2 rings (SSSR count). The number of carbonyl (C=O) groups is 1. The van der Waals surface area contributed by atoms with Crippen LogP contribution in [0.25, 0.3) is 11.4 Å². The number of nitrogens with two attached hydrogens (primary N) is 1. The third-order valence-electron chi connectivity index (χ3n) is 4.29. The fourth-order valence-electron chi connectivity index (χ4n) is 2.01. The summed E-state index contributed by atoms with van der Waals surface area (Å²) in [6.07, 6.45) is 0. The topological polar surface area (TPSA) is 98.7 Å². The number of hydrogen-bond donors (Lipinski definition) is 2. The van der Waals surface area contributed by atoms with Crippen LogP contribution in [0.1, 0.15) is 33.7 Å². The minimum absolute atomic E-state index is 0.177. The molecule has 0 saturated heterocycles. The molecule has 1 aromatic carbocycles. The molecular weight excluding hydrogens is 292 g/mol. The van der Waals surface area contributed by atoms with Gasteiger partial charge in [0.1, 0.15) is 6.04 Å². The Morgan fingerprint density at radius 2 is 1.96 bits per heavy atom. The lowest BCUT2D eigenvalue weighted by Gasteiger charge is -2.34. The fourth-order valence-corrected chi connectivity index (χ4v) is 2.01. The van der Waals surface area contributed by atoms with E-state index in [1.54, 1.807) is 6.92 Å². The number of carbonyl (C=O) groups excluding carboxylic acids is 1. The van der Waals surface area contributed by atoms with Gasteiger partial charge in [-0.25, -0.2) is 0 Å². The first-order valence-corrected chi connectivity index (χ1v) is 7.74. The second kappa shape index (κ2) is 6.87. The van der Waals surface area contributed by atoms with Crippen LogP contribution in [0.4, 0.5) is 0 Å². The minimum Gasteiger partial charge on any atom is -0.348 e. The molecule has 0 bridgehead atoms. The summed E-state index contributed by atoms with van der Waals surface area (Å²) in [5, 5.41) is 15.3. The van der Waals surface area contributed by atoms with Crippen LogP contribution in [-0.4, -0.2) is 38.2 Å². The summed E-state index contributed by atoms with van der Waals surface area (Å²) in [5.41, 5.74) is 6.21. The van der Waals surface area contributed by atoms with Crippen molar-refractivity contribution in [3.63, 3.8) is 0 Å². The predicted octanol–water partition coefficient (Wildman–Crippen LogP) is 1.39. The van der Waals surface area contributed by atoms with Gasteiger partial charge in [0, 0.05) is 12.1 Å². The molecule has 7 nitrogen and oxygen atoms in total. The molecule has 0 radical (unpaired) electrons. The highest BCUT2D eigenvalue weighted by Gasteiger charge is 2.31. The Labute approximate surface area is 136 Å². The molecule has 0 aliphatic heterocycles. The second-order valence-corrected chi connectivity index (χ2v) is 6.24. The first-order chi connectivity index (χ1) is 10.9. The summed E-state index contributed by atoms with van der Waals surface area (Å²) in [5.74, 6) is 0.534. The molecule has 0 fully saturated rings. The third-order valence-corrected chi connectivity index (χ3v) is 4.29. The number of benzene rings is 1. The Hall–Kier alpha value is -2.28. The Bertz CT molecular complexity index is 654. The standard InChI is InChI=1S/C16H24N6O/c1-11(2)16(4,10-17)18-15(23)12(3)22-20-14(19-21-22)13-8-6-5-7-9-13/h5-9,11-12H,10,17H2,1-4H3,(H,18,23). The summed E-state index contributed by atoms with van der Waals surface area (Å²) < 4.78 is 0. The Kier molecular flexibility index (Phi) is 5.10. The summed E-state index contributed by atoms with van der Waals surface area (Å²) >= 11 is 0. The van der Waals surface area contributed by atoms with Crippen molar-refractivity contribution in [2.45, 2.75) is 39.3 Å². The van der Waals surface area contributed by atoms with Gasteiger partial charge in [-0.15, -0.1) is 10.2 Å². The molecule has 0 spiro atoms. The molecule has 2 atom stereocenters. The van der Waals surface area contributed by atoms with Crippen LogP contribution < -0.4 is 11.1 Å². The lowest BCUT2D eigenvalue weighted by molar-refractivity contribution is -0.126. The van der Waals surface area contributed by atoms with E-state index in [9.17, 15) is 4.79 Å². The molecule has 1 heterocycles.